The maximum absolute atomic E-state index is 5.66. The minimum Gasteiger partial charge on any atom is -0.380 e. The van der Waals surface area contributed by atoms with E-state index in [-0.39, 0.29) is 6.10 Å². The van der Waals surface area contributed by atoms with Gasteiger partial charge in [-0.05, 0) is 37.6 Å². The van der Waals surface area contributed by atoms with E-state index >= 15 is 0 Å². The summed E-state index contributed by atoms with van der Waals surface area (Å²) in [5.41, 5.74) is 6.34. The van der Waals surface area contributed by atoms with Gasteiger partial charge in [-0.3, -0.25) is 0 Å². The largest absolute Gasteiger partial charge is 0.380 e. The van der Waals surface area contributed by atoms with Crippen LogP contribution < -0.4 is 5.73 Å². The second-order valence-corrected chi connectivity index (χ2v) is 5.97. The topological polar surface area (TPSA) is 38.5 Å². The molecule has 0 amide bonds. The van der Waals surface area contributed by atoms with Crippen molar-refractivity contribution >= 4 is 0 Å². The zero-order chi connectivity index (χ0) is 12.1. The van der Waals surface area contributed by atoms with Crippen LogP contribution >= 0.6 is 0 Å². The second-order valence-electron chi connectivity index (χ2n) is 5.97. The molecule has 1 atom stereocenters. The van der Waals surface area contributed by atoms with Gasteiger partial charge in [0.05, 0.1) is 6.10 Å². The van der Waals surface area contributed by atoms with Gasteiger partial charge in [0.1, 0.15) is 0 Å². The highest BCUT2D eigenvalue weighted by atomic mass is 16.5. The molecule has 1 heterocycles. The molecule has 3 nitrogen and oxygen atoms in total. The molecule has 2 N–H and O–H groups in total. The first kappa shape index (κ1) is 13.3. The van der Waals surface area contributed by atoms with Crippen LogP contribution in [-0.4, -0.2) is 44.3 Å². The number of ether oxygens (including phenoxy) is 1. The van der Waals surface area contributed by atoms with Crippen LogP contribution in [0.1, 0.15) is 44.9 Å². The van der Waals surface area contributed by atoms with Gasteiger partial charge >= 0.3 is 0 Å². The number of hydrogen-bond acceptors (Lipinski definition) is 3. The Morgan fingerprint density at radius 3 is 2.65 bits per heavy atom. The first-order valence-electron chi connectivity index (χ1n) is 7.23. The van der Waals surface area contributed by atoms with Crippen LogP contribution in [0.15, 0.2) is 0 Å². The van der Waals surface area contributed by atoms with E-state index in [2.05, 4.69) is 4.90 Å². The van der Waals surface area contributed by atoms with Crippen molar-refractivity contribution in [2.45, 2.75) is 51.0 Å². The molecule has 3 heteroatoms. The van der Waals surface area contributed by atoms with Crippen LogP contribution in [0.3, 0.4) is 0 Å². The van der Waals surface area contributed by atoms with Gasteiger partial charge in [0.25, 0.3) is 0 Å². The van der Waals surface area contributed by atoms with Crippen LogP contribution in [0.25, 0.3) is 0 Å². The van der Waals surface area contributed by atoms with Crippen LogP contribution in [0.2, 0.25) is 0 Å². The van der Waals surface area contributed by atoms with E-state index in [0.717, 1.165) is 13.0 Å². The molecule has 0 bridgehead atoms. The summed E-state index contributed by atoms with van der Waals surface area (Å²) < 4.78 is 5.34. The van der Waals surface area contributed by atoms with Crippen molar-refractivity contribution in [3.63, 3.8) is 0 Å². The van der Waals surface area contributed by atoms with Crippen molar-refractivity contribution in [1.29, 1.82) is 0 Å². The molecule has 2 fully saturated rings. The van der Waals surface area contributed by atoms with E-state index in [1.165, 1.54) is 51.6 Å². The summed E-state index contributed by atoms with van der Waals surface area (Å²) in [6.45, 7) is 4.43. The van der Waals surface area contributed by atoms with Gasteiger partial charge in [-0.1, -0.05) is 19.3 Å². The first-order valence-corrected chi connectivity index (χ1v) is 7.23. The van der Waals surface area contributed by atoms with E-state index < -0.39 is 0 Å². The predicted octanol–water partition coefficient (Wildman–Crippen LogP) is 2.01. The fourth-order valence-corrected chi connectivity index (χ4v) is 3.59. The van der Waals surface area contributed by atoms with Crippen LogP contribution in [-0.2, 0) is 4.74 Å². The van der Waals surface area contributed by atoms with E-state index in [0.29, 0.717) is 12.0 Å². The normalized spacial score (nSPS) is 26.5. The van der Waals surface area contributed by atoms with Gasteiger partial charge in [0.2, 0.25) is 0 Å². The molecular formula is C14H28N2O. The molecule has 2 aliphatic rings. The number of likely N-dealkylation sites (tertiary alicyclic amines) is 1. The Hall–Kier alpha value is -0.120. The zero-order valence-corrected chi connectivity index (χ0v) is 11.3. The molecule has 1 aliphatic carbocycles. The van der Waals surface area contributed by atoms with Gasteiger partial charge in [0.15, 0.2) is 0 Å². The lowest BCUT2D eigenvalue weighted by Gasteiger charge is -2.33. The quantitative estimate of drug-likeness (QED) is 0.799. The summed E-state index contributed by atoms with van der Waals surface area (Å²) >= 11 is 0. The average molecular weight is 240 g/mol. The van der Waals surface area contributed by atoms with Crippen molar-refractivity contribution in [3.8, 4) is 0 Å². The Balaban J connectivity index is 1.73. The number of nitrogens with zero attached hydrogens (tertiary/aromatic N) is 1. The summed E-state index contributed by atoms with van der Waals surface area (Å²) in [6, 6.07) is 0. The van der Waals surface area contributed by atoms with Gasteiger partial charge in [-0.2, -0.15) is 0 Å². The Morgan fingerprint density at radius 1 is 1.24 bits per heavy atom. The minimum absolute atomic E-state index is 0.248. The lowest BCUT2D eigenvalue weighted by molar-refractivity contribution is 0.0894. The van der Waals surface area contributed by atoms with E-state index in [1.54, 1.807) is 7.11 Å². The van der Waals surface area contributed by atoms with Crippen molar-refractivity contribution in [2.75, 3.05) is 33.3 Å². The summed E-state index contributed by atoms with van der Waals surface area (Å²) in [6.07, 6.45) is 10.1. The Kier molecular flexibility index (Phi) is 4.83. The van der Waals surface area contributed by atoms with E-state index in [1.807, 2.05) is 0 Å². The lowest BCUT2D eigenvalue weighted by Crippen LogP contribution is -2.32. The standard InChI is InChI=1S/C14H28N2O/c1-17-13(11-15)5-9-16-10-8-14(12-16)6-3-2-4-7-14/h13H,2-12,15H2,1H3. The first-order chi connectivity index (χ1) is 8.28. The third kappa shape index (κ3) is 3.43. The third-order valence-corrected chi connectivity index (χ3v) is 4.80. The Bertz CT molecular complexity index is 222. The molecule has 1 unspecified atom stereocenters. The maximum Gasteiger partial charge on any atom is 0.0705 e. The van der Waals surface area contributed by atoms with Crippen LogP contribution in [0.4, 0.5) is 0 Å². The number of nitrogens with two attached hydrogens (primary N) is 1. The van der Waals surface area contributed by atoms with E-state index in [4.69, 9.17) is 10.5 Å². The monoisotopic (exact) mass is 240 g/mol. The second kappa shape index (κ2) is 6.17. The summed E-state index contributed by atoms with van der Waals surface area (Å²) in [5, 5.41) is 0. The van der Waals surface area contributed by atoms with Crippen molar-refractivity contribution in [1.82, 2.24) is 4.90 Å². The Morgan fingerprint density at radius 2 is 2.00 bits per heavy atom. The molecule has 100 valence electrons. The van der Waals surface area contributed by atoms with Gasteiger partial charge in [-0.25, -0.2) is 0 Å². The molecule has 1 spiro atoms. The number of methoxy groups -OCH3 is 1. The molecule has 17 heavy (non-hydrogen) atoms. The molecule has 1 saturated heterocycles. The van der Waals surface area contributed by atoms with Crippen molar-refractivity contribution < 1.29 is 4.74 Å². The van der Waals surface area contributed by atoms with Gasteiger partial charge < -0.3 is 15.4 Å². The molecule has 2 rings (SSSR count). The molecule has 1 aliphatic heterocycles. The number of rotatable bonds is 5. The van der Waals surface area contributed by atoms with Crippen LogP contribution in [0, 0.1) is 5.41 Å². The zero-order valence-electron chi connectivity index (χ0n) is 11.3. The fourth-order valence-electron chi connectivity index (χ4n) is 3.59. The molecule has 0 aromatic rings. The van der Waals surface area contributed by atoms with Gasteiger partial charge in [0, 0.05) is 26.7 Å². The smallest absolute Gasteiger partial charge is 0.0705 e. The van der Waals surface area contributed by atoms with E-state index in [9.17, 15) is 0 Å². The predicted molar refractivity (Wildman–Crippen MR) is 71.0 cm³/mol. The highest BCUT2D eigenvalue weighted by Gasteiger charge is 2.38. The molecule has 0 aromatic carbocycles. The van der Waals surface area contributed by atoms with Crippen molar-refractivity contribution in [3.05, 3.63) is 0 Å². The highest BCUT2D eigenvalue weighted by Crippen LogP contribution is 2.43. The fraction of sp³-hybridized carbons (Fsp3) is 1.00. The molecule has 0 radical (unpaired) electrons. The highest BCUT2D eigenvalue weighted by molar-refractivity contribution is 4.91. The molecule has 0 aromatic heterocycles. The average Bonchev–Trinajstić information content (AvgIpc) is 2.75. The van der Waals surface area contributed by atoms with Crippen LogP contribution in [0.5, 0.6) is 0 Å². The maximum atomic E-state index is 5.66. The summed E-state index contributed by atoms with van der Waals surface area (Å²) in [4.78, 5) is 2.63. The minimum atomic E-state index is 0.248. The number of hydrogen-bond donors (Lipinski definition) is 1. The molecule has 1 saturated carbocycles. The third-order valence-electron chi connectivity index (χ3n) is 4.80. The SMILES string of the molecule is COC(CN)CCN1CCC2(CCCCC2)C1. The molecular weight excluding hydrogens is 212 g/mol. The van der Waals surface area contributed by atoms with Crippen molar-refractivity contribution in [2.24, 2.45) is 11.1 Å². The lowest BCUT2D eigenvalue weighted by atomic mass is 9.73. The summed E-state index contributed by atoms with van der Waals surface area (Å²) in [7, 11) is 1.77. The van der Waals surface area contributed by atoms with Gasteiger partial charge in [-0.15, -0.1) is 0 Å². The Labute approximate surface area is 106 Å². The summed E-state index contributed by atoms with van der Waals surface area (Å²) in [5.74, 6) is 0.